The number of amides is 2. The van der Waals surface area contributed by atoms with E-state index in [1.807, 2.05) is 0 Å². The van der Waals surface area contributed by atoms with Crippen molar-refractivity contribution >= 4 is 28.3 Å². The predicted molar refractivity (Wildman–Crippen MR) is 73.0 cm³/mol. The van der Waals surface area contributed by atoms with E-state index in [1.54, 1.807) is 19.5 Å². The van der Waals surface area contributed by atoms with Crippen molar-refractivity contribution in [3.63, 3.8) is 0 Å². The van der Waals surface area contributed by atoms with Crippen molar-refractivity contribution in [2.75, 3.05) is 46.6 Å². The van der Waals surface area contributed by atoms with E-state index in [2.05, 4.69) is 4.98 Å². The van der Waals surface area contributed by atoms with Gasteiger partial charge in [0.1, 0.15) is 12.2 Å². The lowest BCUT2D eigenvalue weighted by atomic mass is 10.3. The second-order valence-electron chi connectivity index (χ2n) is 4.08. The molecule has 0 bridgehead atoms. The molecule has 0 saturated carbocycles. The molecule has 106 valence electrons. The van der Waals surface area contributed by atoms with Crippen LogP contribution >= 0.6 is 11.3 Å². The second kappa shape index (κ2) is 7.05. The van der Waals surface area contributed by atoms with Crippen LogP contribution in [-0.2, 0) is 9.53 Å². The molecule has 0 spiro atoms. The predicted octanol–water partition coefficient (Wildman–Crippen LogP) is -0.0979. The smallest absolute Gasteiger partial charge is 0.273 e. The summed E-state index contributed by atoms with van der Waals surface area (Å²) < 4.78 is 4.94. The van der Waals surface area contributed by atoms with Gasteiger partial charge in [-0.2, -0.15) is 0 Å². The minimum Gasteiger partial charge on any atom is -0.383 e. The lowest BCUT2D eigenvalue weighted by Crippen LogP contribution is -2.42. The van der Waals surface area contributed by atoms with E-state index in [0.29, 0.717) is 18.3 Å². The number of ether oxygens (including phenoxy) is 1. The summed E-state index contributed by atoms with van der Waals surface area (Å²) in [5.41, 5.74) is 5.76. The molecule has 0 aromatic carbocycles. The number of likely N-dealkylation sites (N-methyl/N-ethyl adjacent to an activating group) is 1. The number of nitrogens with two attached hydrogens (primary N) is 1. The van der Waals surface area contributed by atoms with E-state index in [9.17, 15) is 9.59 Å². The average Bonchev–Trinajstić information content (AvgIpc) is 2.79. The first kappa shape index (κ1) is 15.4. The first-order valence-corrected chi connectivity index (χ1v) is 6.53. The maximum atomic E-state index is 12.2. The first-order chi connectivity index (χ1) is 8.95. The van der Waals surface area contributed by atoms with Gasteiger partial charge in [-0.3, -0.25) is 9.59 Å². The Bertz CT molecular complexity index is 447. The highest BCUT2D eigenvalue weighted by Gasteiger charge is 2.21. The average molecular weight is 286 g/mol. The Morgan fingerprint density at radius 1 is 1.47 bits per heavy atom. The lowest BCUT2D eigenvalue weighted by Gasteiger charge is -2.22. The molecule has 1 heterocycles. The molecule has 8 heteroatoms. The number of anilines is 1. The minimum atomic E-state index is -0.319. The van der Waals surface area contributed by atoms with Crippen LogP contribution in [0.5, 0.6) is 0 Å². The summed E-state index contributed by atoms with van der Waals surface area (Å²) in [6, 6.07) is 0. The molecule has 2 amide bonds. The van der Waals surface area contributed by atoms with Gasteiger partial charge in [-0.05, 0) is 0 Å². The third-order valence-electron chi connectivity index (χ3n) is 2.42. The number of nitrogens with zero attached hydrogens (tertiary/aromatic N) is 3. The van der Waals surface area contributed by atoms with Gasteiger partial charge in [0.05, 0.1) is 6.61 Å². The van der Waals surface area contributed by atoms with Gasteiger partial charge in [-0.1, -0.05) is 0 Å². The molecule has 0 fully saturated rings. The number of methoxy groups -OCH3 is 1. The SMILES string of the molecule is COCCN(CC(=O)N(C)C)C(=O)c1csc(N)n1. The van der Waals surface area contributed by atoms with E-state index < -0.39 is 0 Å². The van der Waals surface area contributed by atoms with Crippen molar-refractivity contribution in [1.82, 2.24) is 14.8 Å². The Labute approximate surface area is 116 Å². The largest absolute Gasteiger partial charge is 0.383 e. The molecule has 0 aliphatic rings. The zero-order chi connectivity index (χ0) is 14.4. The van der Waals surface area contributed by atoms with Gasteiger partial charge in [0.15, 0.2) is 5.13 Å². The van der Waals surface area contributed by atoms with Crippen LogP contribution in [0, 0.1) is 0 Å². The van der Waals surface area contributed by atoms with Gasteiger partial charge >= 0.3 is 0 Å². The van der Waals surface area contributed by atoms with E-state index >= 15 is 0 Å². The monoisotopic (exact) mass is 286 g/mol. The van der Waals surface area contributed by atoms with Crippen molar-refractivity contribution in [2.45, 2.75) is 0 Å². The number of rotatable bonds is 6. The summed E-state index contributed by atoms with van der Waals surface area (Å²) in [5, 5.41) is 1.91. The number of thiazole rings is 1. The van der Waals surface area contributed by atoms with Crippen molar-refractivity contribution in [3.8, 4) is 0 Å². The molecule has 0 aliphatic heterocycles. The van der Waals surface area contributed by atoms with Crippen LogP contribution in [0.1, 0.15) is 10.5 Å². The molecule has 0 radical (unpaired) electrons. The van der Waals surface area contributed by atoms with Gasteiger partial charge in [0.25, 0.3) is 5.91 Å². The highest BCUT2D eigenvalue weighted by molar-refractivity contribution is 7.13. The first-order valence-electron chi connectivity index (χ1n) is 5.65. The quantitative estimate of drug-likeness (QED) is 0.789. The van der Waals surface area contributed by atoms with Crippen LogP contribution in [0.3, 0.4) is 0 Å². The molecule has 0 atom stereocenters. The molecule has 19 heavy (non-hydrogen) atoms. The van der Waals surface area contributed by atoms with Crippen LogP contribution in [0.25, 0.3) is 0 Å². The molecule has 0 saturated heterocycles. The Morgan fingerprint density at radius 2 is 2.16 bits per heavy atom. The molecule has 1 aromatic heterocycles. The molecular formula is C11H18N4O3S. The maximum Gasteiger partial charge on any atom is 0.273 e. The Kier molecular flexibility index (Phi) is 5.71. The number of nitrogen functional groups attached to an aromatic ring is 1. The standard InChI is InChI=1S/C11H18N4O3S/c1-14(2)9(16)6-15(4-5-18-3)10(17)8-7-19-11(12)13-8/h7H,4-6H2,1-3H3,(H2,12,13). The van der Waals surface area contributed by atoms with Gasteiger partial charge < -0.3 is 20.3 Å². The van der Waals surface area contributed by atoms with Gasteiger partial charge in [0.2, 0.25) is 5.91 Å². The van der Waals surface area contributed by atoms with E-state index in [4.69, 9.17) is 10.5 Å². The normalized spacial score (nSPS) is 10.3. The fourth-order valence-corrected chi connectivity index (χ4v) is 1.84. The zero-order valence-corrected chi connectivity index (χ0v) is 12.1. The molecular weight excluding hydrogens is 268 g/mol. The van der Waals surface area contributed by atoms with Gasteiger partial charge in [-0.15, -0.1) is 11.3 Å². The number of carbonyl (C=O) groups is 2. The van der Waals surface area contributed by atoms with Crippen LogP contribution in [0.15, 0.2) is 5.38 Å². The Hall–Kier alpha value is -1.67. The van der Waals surface area contributed by atoms with Crippen LogP contribution in [-0.4, -0.2) is 67.5 Å². The van der Waals surface area contributed by atoms with Crippen LogP contribution in [0.2, 0.25) is 0 Å². The van der Waals surface area contributed by atoms with Crippen molar-refractivity contribution < 1.29 is 14.3 Å². The molecule has 7 nitrogen and oxygen atoms in total. The van der Waals surface area contributed by atoms with Crippen molar-refractivity contribution in [1.29, 1.82) is 0 Å². The summed E-state index contributed by atoms with van der Waals surface area (Å²) in [5.74, 6) is -0.479. The van der Waals surface area contributed by atoms with Crippen molar-refractivity contribution in [3.05, 3.63) is 11.1 Å². The maximum absolute atomic E-state index is 12.2. The molecule has 1 rings (SSSR count). The molecule has 0 unspecified atom stereocenters. The molecule has 2 N–H and O–H groups in total. The summed E-state index contributed by atoms with van der Waals surface area (Å²) in [6.45, 7) is 0.672. The minimum absolute atomic E-state index is 0.00732. The van der Waals surface area contributed by atoms with Gasteiger partial charge in [0, 0.05) is 33.1 Å². The fourth-order valence-electron chi connectivity index (χ4n) is 1.31. The molecule has 0 aliphatic carbocycles. The highest BCUT2D eigenvalue weighted by atomic mass is 32.1. The number of carbonyl (C=O) groups excluding carboxylic acids is 2. The third-order valence-corrected chi connectivity index (χ3v) is 3.09. The third kappa shape index (κ3) is 4.49. The zero-order valence-electron chi connectivity index (χ0n) is 11.3. The van der Waals surface area contributed by atoms with E-state index in [0.717, 1.165) is 0 Å². The fraction of sp³-hybridized carbons (Fsp3) is 0.545. The Morgan fingerprint density at radius 3 is 2.63 bits per heavy atom. The number of hydrogen-bond donors (Lipinski definition) is 1. The van der Waals surface area contributed by atoms with Crippen LogP contribution < -0.4 is 5.73 Å². The van der Waals surface area contributed by atoms with Crippen molar-refractivity contribution in [2.24, 2.45) is 0 Å². The summed E-state index contributed by atoms with van der Waals surface area (Å²) in [7, 11) is 4.82. The summed E-state index contributed by atoms with van der Waals surface area (Å²) in [4.78, 5) is 30.7. The van der Waals surface area contributed by atoms with E-state index in [-0.39, 0.29) is 24.1 Å². The van der Waals surface area contributed by atoms with Crippen LogP contribution in [0.4, 0.5) is 5.13 Å². The lowest BCUT2D eigenvalue weighted by molar-refractivity contribution is -0.129. The summed E-state index contributed by atoms with van der Waals surface area (Å²) >= 11 is 1.19. The summed E-state index contributed by atoms with van der Waals surface area (Å²) in [6.07, 6.45) is 0. The number of aromatic nitrogens is 1. The Balaban J connectivity index is 2.78. The second-order valence-corrected chi connectivity index (χ2v) is 4.97. The highest BCUT2D eigenvalue weighted by Crippen LogP contribution is 2.13. The molecule has 1 aromatic rings. The van der Waals surface area contributed by atoms with E-state index in [1.165, 1.54) is 28.2 Å². The topological polar surface area (TPSA) is 88.8 Å². The van der Waals surface area contributed by atoms with Gasteiger partial charge in [-0.25, -0.2) is 4.98 Å². The number of hydrogen-bond acceptors (Lipinski definition) is 6.